The second-order valence-corrected chi connectivity index (χ2v) is 7.63. The van der Waals surface area contributed by atoms with E-state index in [0.29, 0.717) is 13.1 Å². The van der Waals surface area contributed by atoms with Crippen molar-refractivity contribution in [3.63, 3.8) is 0 Å². The molecule has 1 unspecified atom stereocenters. The van der Waals surface area contributed by atoms with E-state index < -0.39 is 10.0 Å². The Morgan fingerprint density at radius 2 is 1.81 bits per heavy atom. The number of sulfonamides is 1. The van der Waals surface area contributed by atoms with Gasteiger partial charge in [0.05, 0.1) is 6.26 Å². The van der Waals surface area contributed by atoms with E-state index in [-0.39, 0.29) is 6.04 Å². The van der Waals surface area contributed by atoms with Gasteiger partial charge in [0.15, 0.2) is 0 Å². The lowest BCUT2D eigenvalue weighted by Crippen LogP contribution is -2.48. The van der Waals surface area contributed by atoms with E-state index in [1.807, 2.05) is 12.1 Å². The van der Waals surface area contributed by atoms with Crippen LogP contribution in [0, 0.1) is 0 Å². The first-order chi connectivity index (χ1) is 9.91. The van der Waals surface area contributed by atoms with Gasteiger partial charge in [0.25, 0.3) is 0 Å². The molecule has 1 heterocycles. The predicted octanol–water partition coefficient (Wildman–Crippen LogP) is 1.05. The zero-order valence-corrected chi connectivity index (χ0v) is 13.6. The highest BCUT2D eigenvalue weighted by atomic mass is 32.2. The number of nitrogens with two attached hydrogens (primary N) is 1. The van der Waals surface area contributed by atoms with E-state index in [4.69, 9.17) is 5.73 Å². The van der Waals surface area contributed by atoms with Gasteiger partial charge in [0, 0.05) is 37.9 Å². The zero-order valence-electron chi connectivity index (χ0n) is 12.8. The summed E-state index contributed by atoms with van der Waals surface area (Å²) in [5.74, 6) is 0. The van der Waals surface area contributed by atoms with Crippen LogP contribution in [-0.4, -0.2) is 51.2 Å². The third kappa shape index (κ3) is 4.18. The van der Waals surface area contributed by atoms with Crippen molar-refractivity contribution in [1.29, 1.82) is 0 Å². The molecule has 0 radical (unpaired) electrons. The third-order valence-corrected chi connectivity index (χ3v) is 5.35. The van der Waals surface area contributed by atoms with Crippen LogP contribution in [0.2, 0.25) is 0 Å². The van der Waals surface area contributed by atoms with E-state index in [1.165, 1.54) is 17.5 Å². The maximum Gasteiger partial charge on any atom is 0.211 e. The third-order valence-electron chi connectivity index (χ3n) is 4.05. The fourth-order valence-electron chi connectivity index (χ4n) is 2.68. The first kappa shape index (κ1) is 16.3. The molecule has 0 aromatic heterocycles. The topological polar surface area (TPSA) is 66.6 Å². The highest BCUT2D eigenvalue weighted by Gasteiger charge is 2.24. The van der Waals surface area contributed by atoms with Gasteiger partial charge in [-0.3, -0.25) is 0 Å². The predicted molar refractivity (Wildman–Crippen MR) is 87.0 cm³/mol. The monoisotopic (exact) mass is 311 g/mol. The van der Waals surface area contributed by atoms with Gasteiger partial charge in [-0.15, -0.1) is 0 Å². The van der Waals surface area contributed by atoms with Gasteiger partial charge in [-0.1, -0.05) is 25.1 Å². The molecule has 21 heavy (non-hydrogen) atoms. The van der Waals surface area contributed by atoms with Gasteiger partial charge in [-0.25, -0.2) is 8.42 Å². The Morgan fingerprint density at radius 1 is 1.19 bits per heavy atom. The lowest BCUT2D eigenvalue weighted by atomic mass is 10.0. The smallest absolute Gasteiger partial charge is 0.211 e. The van der Waals surface area contributed by atoms with Crippen molar-refractivity contribution < 1.29 is 8.42 Å². The molecule has 1 atom stereocenters. The number of hydrogen-bond donors (Lipinski definition) is 1. The van der Waals surface area contributed by atoms with Crippen molar-refractivity contribution in [2.75, 3.05) is 37.3 Å². The van der Waals surface area contributed by atoms with Crippen LogP contribution in [0.3, 0.4) is 0 Å². The molecule has 5 nitrogen and oxygen atoms in total. The minimum Gasteiger partial charge on any atom is -0.369 e. The van der Waals surface area contributed by atoms with Crippen LogP contribution in [0.1, 0.15) is 18.9 Å². The summed E-state index contributed by atoms with van der Waals surface area (Å²) in [6.07, 6.45) is 3.09. The van der Waals surface area contributed by atoms with Gasteiger partial charge in [0.1, 0.15) is 0 Å². The summed E-state index contributed by atoms with van der Waals surface area (Å²) in [6, 6.07) is 8.46. The Bertz CT molecular complexity index is 566. The molecule has 1 aliphatic heterocycles. The summed E-state index contributed by atoms with van der Waals surface area (Å²) in [4.78, 5) is 2.26. The SMILES string of the molecule is CCC(N)Cc1ccccc1N1CCN(S(C)(=O)=O)CC1. The van der Waals surface area contributed by atoms with E-state index in [1.54, 1.807) is 4.31 Å². The van der Waals surface area contributed by atoms with Crippen LogP contribution in [-0.2, 0) is 16.4 Å². The summed E-state index contributed by atoms with van der Waals surface area (Å²) in [5.41, 5.74) is 8.52. The van der Waals surface area contributed by atoms with Gasteiger partial charge in [0.2, 0.25) is 10.0 Å². The second-order valence-electron chi connectivity index (χ2n) is 5.65. The maximum atomic E-state index is 11.6. The second kappa shape index (κ2) is 6.77. The van der Waals surface area contributed by atoms with Crippen LogP contribution < -0.4 is 10.6 Å². The zero-order chi connectivity index (χ0) is 15.5. The molecule has 1 aliphatic rings. The molecular formula is C15H25N3O2S. The van der Waals surface area contributed by atoms with E-state index in [2.05, 4.69) is 24.0 Å². The number of piperazine rings is 1. The first-order valence-corrected chi connectivity index (χ1v) is 9.30. The van der Waals surface area contributed by atoms with Crippen LogP contribution >= 0.6 is 0 Å². The number of anilines is 1. The minimum absolute atomic E-state index is 0.170. The molecule has 1 aromatic rings. The van der Waals surface area contributed by atoms with Crippen molar-refractivity contribution in [3.8, 4) is 0 Å². The number of rotatable bonds is 5. The quantitative estimate of drug-likeness (QED) is 0.882. The largest absolute Gasteiger partial charge is 0.369 e. The minimum atomic E-state index is -3.08. The molecule has 0 saturated carbocycles. The molecule has 1 saturated heterocycles. The highest BCUT2D eigenvalue weighted by molar-refractivity contribution is 7.88. The van der Waals surface area contributed by atoms with Crippen molar-refractivity contribution in [2.45, 2.75) is 25.8 Å². The molecule has 6 heteroatoms. The Balaban J connectivity index is 2.10. The van der Waals surface area contributed by atoms with Crippen LogP contribution in [0.4, 0.5) is 5.69 Å². The molecule has 0 bridgehead atoms. The van der Waals surface area contributed by atoms with Crippen molar-refractivity contribution >= 4 is 15.7 Å². The van der Waals surface area contributed by atoms with Crippen LogP contribution in [0.25, 0.3) is 0 Å². The summed E-state index contributed by atoms with van der Waals surface area (Å²) in [7, 11) is -3.08. The average Bonchev–Trinajstić information content (AvgIpc) is 2.47. The lowest BCUT2D eigenvalue weighted by Gasteiger charge is -2.36. The normalized spacial score (nSPS) is 18.7. The Hall–Kier alpha value is -1.11. The fourth-order valence-corrected chi connectivity index (χ4v) is 3.51. The molecule has 0 aliphatic carbocycles. The molecule has 0 spiro atoms. The number of benzene rings is 1. The van der Waals surface area contributed by atoms with E-state index >= 15 is 0 Å². The highest BCUT2D eigenvalue weighted by Crippen LogP contribution is 2.23. The summed E-state index contributed by atoms with van der Waals surface area (Å²) in [5, 5.41) is 0. The molecule has 118 valence electrons. The molecule has 2 N–H and O–H groups in total. The standard InChI is InChI=1S/C15H25N3O2S/c1-3-14(16)12-13-6-4-5-7-15(13)17-8-10-18(11-9-17)21(2,19)20/h4-7,14H,3,8-12,16H2,1-2H3. The molecule has 2 rings (SSSR count). The fraction of sp³-hybridized carbons (Fsp3) is 0.600. The van der Waals surface area contributed by atoms with Gasteiger partial charge in [-0.05, 0) is 24.5 Å². The number of nitrogens with zero attached hydrogens (tertiary/aromatic N) is 2. The first-order valence-electron chi connectivity index (χ1n) is 7.45. The Labute approximate surface area is 127 Å². The summed E-state index contributed by atoms with van der Waals surface area (Å²) in [6.45, 7) is 4.65. The number of hydrogen-bond acceptors (Lipinski definition) is 4. The Kier molecular flexibility index (Phi) is 5.24. The lowest BCUT2D eigenvalue weighted by molar-refractivity contribution is 0.387. The average molecular weight is 311 g/mol. The molecule has 0 amide bonds. The van der Waals surface area contributed by atoms with Gasteiger partial charge < -0.3 is 10.6 Å². The van der Waals surface area contributed by atoms with Crippen molar-refractivity contribution in [3.05, 3.63) is 29.8 Å². The van der Waals surface area contributed by atoms with E-state index in [9.17, 15) is 8.42 Å². The summed E-state index contributed by atoms with van der Waals surface area (Å²) >= 11 is 0. The molecule has 1 fully saturated rings. The molecule has 1 aromatic carbocycles. The summed E-state index contributed by atoms with van der Waals surface area (Å²) < 4.78 is 24.7. The van der Waals surface area contributed by atoms with Gasteiger partial charge >= 0.3 is 0 Å². The van der Waals surface area contributed by atoms with Crippen molar-refractivity contribution in [1.82, 2.24) is 4.31 Å². The van der Waals surface area contributed by atoms with Gasteiger partial charge in [-0.2, -0.15) is 4.31 Å². The Morgan fingerprint density at radius 3 is 2.38 bits per heavy atom. The van der Waals surface area contributed by atoms with Crippen molar-refractivity contribution in [2.24, 2.45) is 5.73 Å². The maximum absolute atomic E-state index is 11.6. The number of para-hydroxylation sites is 1. The van der Waals surface area contributed by atoms with Crippen LogP contribution in [0.5, 0.6) is 0 Å². The van der Waals surface area contributed by atoms with Crippen LogP contribution in [0.15, 0.2) is 24.3 Å². The van der Waals surface area contributed by atoms with E-state index in [0.717, 1.165) is 25.9 Å². The molecular weight excluding hydrogens is 286 g/mol.